The molecule has 6 unspecified atom stereocenters. The first kappa shape index (κ1) is 24.5. The summed E-state index contributed by atoms with van der Waals surface area (Å²) in [5.74, 6) is -0.601. The molecular weight excluding hydrogens is 430 g/mol. The van der Waals surface area contributed by atoms with E-state index in [9.17, 15) is 10.2 Å². The van der Waals surface area contributed by atoms with Crippen LogP contribution in [0.5, 0.6) is 0 Å². The van der Waals surface area contributed by atoms with Gasteiger partial charge >= 0.3 is 0 Å². The summed E-state index contributed by atoms with van der Waals surface area (Å²) in [4.78, 5) is 0. The average Bonchev–Trinajstić information content (AvgIpc) is 2.89. The number of benzene rings is 3. The number of aliphatic hydroxyl groups excluding tert-OH is 2. The third kappa shape index (κ3) is 6.10. The molecule has 180 valence electrons. The molecule has 6 nitrogen and oxygen atoms in total. The van der Waals surface area contributed by atoms with Crippen LogP contribution in [0.25, 0.3) is 0 Å². The van der Waals surface area contributed by atoms with Crippen molar-refractivity contribution in [3.8, 4) is 0 Å². The van der Waals surface area contributed by atoms with Crippen molar-refractivity contribution in [1.82, 2.24) is 0 Å². The van der Waals surface area contributed by atoms with Crippen molar-refractivity contribution in [1.29, 1.82) is 0 Å². The van der Waals surface area contributed by atoms with Crippen LogP contribution in [-0.2, 0) is 34.0 Å². The van der Waals surface area contributed by atoms with Gasteiger partial charge in [-0.15, -0.1) is 0 Å². The Labute approximate surface area is 200 Å². The van der Waals surface area contributed by atoms with Gasteiger partial charge in [0.1, 0.15) is 12.2 Å². The largest absolute Gasteiger partial charge is 0.396 e. The molecule has 0 spiro atoms. The van der Waals surface area contributed by atoms with Crippen LogP contribution in [0, 0.1) is 5.92 Å². The number of hydrogen-bond donors (Lipinski definition) is 3. The zero-order valence-electron chi connectivity index (χ0n) is 19.1. The van der Waals surface area contributed by atoms with Gasteiger partial charge in [-0.1, -0.05) is 91.0 Å². The van der Waals surface area contributed by atoms with E-state index in [2.05, 4.69) is 0 Å². The summed E-state index contributed by atoms with van der Waals surface area (Å²) in [6.45, 7) is 0.709. The van der Waals surface area contributed by atoms with E-state index in [4.69, 9.17) is 19.9 Å². The number of rotatable bonds is 10. The Morgan fingerprint density at radius 3 is 1.38 bits per heavy atom. The number of aliphatic hydroxyl groups is 2. The molecular formula is C28H33NO5. The normalized spacial score (nSPS) is 26.9. The first-order chi connectivity index (χ1) is 16.7. The monoisotopic (exact) mass is 463 g/mol. The van der Waals surface area contributed by atoms with Gasteiger partial charge in [-0.05, 0) is 16.7 Å². The minimum Gasteiger partial charge on any atom is -0.396 e. The molecule has 6 heteroatoms. The third-order valence-electron chi connectivity index (χ3n) is 6.35. The van der Waals surface area contributed by atoms with Crippen LogP contribution < -0.4 is 5.73 Å². The van der Waals surface area contributed by atoms with E-state index in [0.29, 0.717) is 19.8 Å². The Kier molecular flexibility index (Phi) is 8.82. The van der Waals surface area contributed by atoms with Gasteiger partial charge < -0.3 is 30.2 Å². The predicted octanol–water partition coefficient (Wildman–Crippen LogP) is 3.05. The molecule has 34 heavy (non-hydrogen) atoms. The Bertz CT molecular complexity index is 972. The average molecular weight is 464 g/mol. The van der Waals surface area contributed by atoms with Crippen LogP contribution >= 0.6 is 0 Å². The van der Waals surface area contributed by atoms with Crippen molar-refractivity contribution in [2.24, 2.45) is 11.7 Å². The molecule has 4 rings (SSSR count). The van der Waals surface area contributed by atoms with Crippen LogP contribution in [-0.4, -0.2) is 47.3 Å². The molecule has 4 N–H and O–H groups in total. The molecule has 0 radical (unpaired) electrons. The highest BCUT2D eigenvalue weighted by molar-refractivity contribution is 5.16. The summed E-state index contributed by atoms with van der Waals surface area (Å²) in [5, 5.41) is 21.1. The summed E-state index contributed by atoms with van der Waals surface area (Å²) in [7, 11) is 0. The van der Waals surface area contributed by atoms with Gasteiger partial charge in [0.15, 0.2) is 0 Å². The molecule has 6 atom stereocenters. The lowest BCUT2D eigenvalue weighted by atomic mass is 9.77. The summed E-state index contributed by atoms with van der Waals surface area (Å²) in [5.41, 5.74) is 9.46. The lowest BCUT2D eigenvalue weighted by Crippen LogP contribution is -2.66. The van der Waals surface area contributed by atoms with E-state index >= 15 is 0 Å². The standard InChI is InChI=1S/C28H33NO5/c29-24-25(31)23(16-30)26(32-17-20-10-4-1-5-11-20)28(34-19-22-14-8-3-9-15-22)27(24)33-18-21-12-6-2-7-13-21/h1-15,23-28,30-31H,16-19,29H2. The highest BCUT2D eigenvalue weighted by Crippen LogP contribution is 2.33. The van der Waals surface area contributed by atoms with Gasteiger partial charge in [-0.2, -0.15) is 0 Å². The highest BCUT2D eigenvalue weighted by Gasteiger charge is 2.50. The summed E-state index contributed by atoms with van der Waals surface area (Å²) < 4.78 is 18.9. The number of nitrogens with two attached hydrogens (primary N) is 1. The quantitative estimate of drug-likeness (QED) is 0.428. The fourth-order valence-electron chi connectivity index (χ4n) is 4.45. The Morgan fingerprint density at radius 2 is 0.971 bits per heavy atom. The first-order valence-corrected chi connectivity index (χ1v) is 11.7. The molecule has 0 aromatic heterocycles. The van der Waals surface area contributed by atoms with E-state index in [0.717, 1.165) is 16.7 Å². The summed E-state index contributed by atoms with van der Waals surface area (Å²) >= 11 is 0. The van der Waals surface area contributed by atoms with Crippen molar-refractivity contribution >= 4 is 0 Å². The Balaban J connectivity index is 1.57. The second-order valence-corrected chi connectivity index (χ2v) is 8.70. The van der Waals surface area contributed by atoms with Gasteiger partial charge in [0.05, 0.1) is 44.7 Å². The lowest BCUT2D eigenvalue weighted by Gasteiger charge is -2.47. The second kappa shape index (κ2) is 12.2. The highest BCUT2D eigenvalue weighted by atomic mass is 16.6. The van der Waals surface area contributed by atoms with Gasteiger partial charge in [0, 0.05) is 5.92 Å². The first-order valence-electron chi connectivity index (χ1n) is 11.7. The van der Waals surface area contributed by atoms with Crippen LogP contribution in [0.3, 0.4) is 0 Å². The van der Waals surface area contributed by atoms with Crippen molar-refractivity contribution in [3.05, 3.63) is 108 Å². The zero-order chi connectivity index (χ0) is 23.8. The molecule has 0 saturated heterocycles. The van der Waals surface area contributed by atoms with E-state index < -0.39 is 36.4 Å². The molecule has 3 aromatic rings. The molecule has 1 fully saturated rings. The minimum atomic E-state index is -0.997. The van der Waals surface area contributed by atoms with Gasteiger partial charge in [0.2, 0.25) is 0 Å². The molecule has 0 amide bonds. The molecule has 1 aliphatic carbocycles. The van der Waals surface area contributed by atoms with Gasteiger partial charge in [-0.25, -0.2) is 0 Å². The fraction of sp³-hybridized carbons (Fsp3) is 0.357. The second-order valence-electron chi connectivity index (χ2n) is 8.70. The molecule has 0 aliphatic heterocycles. The van der Waals surface area contributed by atoms with E-state index in [1.807, 2.05) is 91.0 Å². The smallest absolute Gasteiger partial charge is 0.112 e. The Morgan fingerprint density at radius 1 is 0.588 bits per heavy atom. The zero-order valence-corrected chi connectivity index (χ0v) is 19.1. The van der Waals surface area contributed by atoms with E-state index in [1.54, 1.807) is 0 Å². The third-order valence-corrected chi connectivity index (χ3v) is 6.35. The van der Waals surface area contributed by atoms with Gasteiger partial charge in [0.25, 0.3) is 0 Å². The molecule has 0 heterocycles. The molecule has 3 aromatic carbocycles. The maximum atomic E-state index is 11.0. The minimum absolute atomic E-state index is 0.273. The number of ether oxygens (including phenoxy) is 3. The predicted molar refractivity (Wildman–Crippen MR) is 130 cm³/mol. The van der Waals surface area contributed by atoms with Crippen LogP contribution in [0.4, 0.5) is 0 Å². The van der Waals surface area contributed by atoms with Gasteiger partial charge in [-0.3, -0.25) is 0 Å². The van der Waals surface area contributed by atoms with E-state index in [-0.39, 0.29) is 6.61 Å². The van der Waals surface area contributed by atoms with Crippen LogP contribution in [0.2, 0.25) is 0 Å². The van der Waals surface area contributed by atoms with Crippen LogP contribution in [0.15, 0.2) is 91.0 Å². The summed E-state index contributed by atoms with van der Waals surface area (Å²) in [6, 6.07) is 28.7. The maximum absolute atomic E-state index is 11.0. The number of hydrogen-bond acceptors (Lipinski definition) is 6. The van der Waals surface area contributed by atoms with Crippen molar-refractivity contribution < 1.29 is 24.4 Å². The molecule has 0 bridgehead atoms. The van der Waals surface area contributed by atoms with Crippen molar-refractivity contribution in [2.75, 3.05) is 6.61 Å². The van der Waals surface area contributed by atoms with Crippen LogP contribution in [0.1, 0.15) is 16.7 Å². The van der Waals surface area contributed by atoms with Crippen molar-refractivity contribution in [2.45, 2.75) is 50.3 Å². The fourth-order valence-corrected chi connectivity index (χ4v) is 4.45. The van der Waals surface area contributed by atoms with Crippen molar-refractivity contribution in [3.63, 3.8) is 0 Å². The lowest BCUT2D eigenvalue weighted by molar-refractivity contribution is -0.223. The van der Waals surface area contributed by atoms with E-state index in [1.165, 1.54) is 0 Å². The topological polar surface area (TPSA) is 94.2 Å². The summed E-state index contributed by atoms with van der Waals surface area (Å²) in [6.07, 6.45) is -2.81. The Hall–Kier alpha value is -2.58. The molecule has 1 saturated carbocycles. The SMILES string of the molecule is NC1C(O)C(CO)C(OCc2ccccc2)C(OCc2ccccc2)C1OCc1ccccc1. The molecule has 1 aliphatic rings. The maximum Gasteiger partial charge on any atom is 0.112 e.